The summed E-state index contributed by atoms with van der Waals surface area (Å²) in [5.74, 6) is 0.0281. The van der Waals surface area contributed by atoms with Crippen LogP contribution in [-0.2, 0) is 4.79 Å². The highest BCUT2D eigenvalue weighted by Gasteiger charge is 2.43. The number of carboxylic acid groups (broad SMARTS) is 1. The first kappa shape index (κ1) is 17.4. The standard InChI is InChI=1S/C18H26N2O3S/c1-12-10-15(13(2)20(12)14-6-4-3-5-7-14)16(21)19-18(17(22)23)8-9-24-11-18/h10,14H,3-9,11H2,1-2H3,(H,19,21)(H,22,23). The maximum Gasteiger partial charge on any atom is 0.330 e. The van der Waals surface area contributed by atoms with Crippen molar-refractivity contribution in [3.63, 3.8) is 0 Å². The van der Waals surface area contributed by atoms with Crippen molar-refractivity contribution in [2.24, 2.45) is 0 Å². The zero-order chi connectivity index (χ0) is 17.3. The molecule has 132 valence electrons. The zero-order valence-corrected chi connectivity index (χ0v) is 15.2. The van der Waals surface area contributed by atoms with Gasteiger partial charge in [-0.3, -0.25) is 4.79 Å². The van der Waals surface area contributed by atoms with Crippen molar-refractivity contribution in [1.29, 1.82) is 0 Å². The van der Waals surface area contributed by atoms with Crippen molar-refractivity contribution < 1.29 is 14.7 Å². The molecule has 2 fully saturated rings. The summed E-state index contributed by atoms with van der Waals surface area (Å²) in [5.41, 5.74) is 1.56. The Balaban J connectivity index is 1.84. The molecule has 5 nitrogen and oxygen atoms in total. The Bertz CT molecular complexity index is 641. The summed E-state index contributed by atoms with van der Waals surface area (Å²) in [6, 6.07) is 2.38. The first-order valence-corrected chi connectivity index (χ1v) is 9.92. The molecule has 1 saturated heterocycles. The lowest BCUT2D eigenvalue weighted by Gasteiger charge is -2.27. The van der Waals surface area contributed by atoms with E-state index in [0.29, 0.717) is 23.8 Å². The zero-order valence-electron chi connectivity index (χ0n) is 14.4. The number of amides is 1. The van der Waals surface area contributed by atoms with Crippen LogP contribution < -0.4 is 5.32 Å². The van der Waals surface area contributed by atoms with Gasteiger partial charge >= 0.3 is 5.97 Å². The normalized spacial score (nSPS) is 24.9. The van der Waals surface area contributed by atoms with E-state index in [-0.39, 0.29) is 5.91 Å². The van der Waals surface area contributed by atoms with Crippen LogP contribution >= 0.6 is 11.8 Å². The number of nitrogens with zero attached hydrogens (tertiary/aromatic N) is 1. The molecular formula is C18H26N2O3S. The number of carbonyl (C=O) groups excluding carboxylic acids is 1. The van der Waals surface area contributed by atoms with Crippen LogP contribution in [0.25, 0.3) is 0 Å². The van der Waals surface area contributed by atoms with Crippen molar-refractivity contribution in [2.45, 2.75) is 64.0 Å². The third kappa shape index (κ3) is 3.08. The SMILES string of the molecule is Cc1cc(C(=O)NC2(C(=O)O)CCSC2)c(C)n1C1CCCCC1. The summed E-state index contributed by atoms with van der Waals surface area (Å²) in [7, 11) is 0. The van der Waals surface area contributed by atoms with E-state index in [2.05, 4.69) is 9.88 Å². The number of carbonyl (C=O) groups is 2. The van der Waals surface area contributed by atoms with Crippen LogP contribution in [0, 0.1) is 13.8 Å². The van der Waals surface area contributed by atoms with E-state index in [0.717, 1.165) is 30.0 Å². The minimum atomic E-state index is -1.12. The van der Waals surface area contributed by atoms with Gasteiger partial charge in [0.25, 0.3) is 5.91 Å². The molecule has 0 bridgehead atoms. The van der Waals surface area contributed by atoms with Crippen LogP contribution in [0.4, 0.5) is 0 Å². The number of nitrogens with one attached hydrogen (secondary N) is 1. The summed E-state index contributed by atoms with van der Waals surface area (Å²) in [5, 5.41) is 12.4. The predicted octanol–water partition coefficient (Wildman–Crippen LogP) is 3.30. The third-order valence-corrected chi connectivity index (χ3v) is 6.64. The molecule has 1 saturated carbocycles. The molecular weight excluding hydrogens is 324 g/mol. The van der Waals surface area contributed by atoms with Gasteiger partial charge < -0.3 is 15.0 Å². The Kier molecular flexibility index (Phi) is 4.95. The predicted molar refractivity (Wildman–Crippen MR) is 95.8 cm³/mol. The molecule has 2 heterocycles. The van der Waals surface area contributed by atoms with Crippen LogP contribution in [0.1, 0.15) is 66.3 Å². The Morgan fingerprint density at radius 3 is 2.58 bits per heavy atom. The third-order valence-electron chi connectivity index (χ3n) is 5.45. The van der Waals surface area contributed by atoms with Crippen molar-refractivity contribution in [2.75, 3.05) is 11.5 Å². The van der Waals surface area contributed by atoms with Gasteiger partial charge in [0, 0.05) is 23.2 Å². The van der Waals surface area contributed by atoms with Crippen molar-refractivity contribution in [1.82, 2.24) is 9.88 Å². The Morgan fingerprint density at radius 2 is 2.00 bits per heavy atom. The van der Waals surface area contributed by atoms with Gasteiger partial charge in [-0.1, -0.05) is 19.3 Å². The molecule has 0 aromatic carbocycles. The van der Waals surface area contributed by atoms with E-state index < -0.39 is 11.5 Å². The van der Waals surface area contributed by atoms with Crippen LogP contribution in [0.15, 0.2) is 6.07 Å². The fourth-order valence-corrected chi connectivity index (χ4v) is 5.40. The molecule has 1 amide bonds. The van der Waals surface area contributed by atoms with E-state index in [1.807, 2.05) is 19.9 Å². The highest BCUT2D eigenvalue weighted by Crippen LogP contribution is 2.33. The molecule has 6 heteroatoms. The molecule has 1 unspecified atom stereocenters. The molecule has 1 aliphatic carbocycles. The molecule has 3 rings (SSSR count). The highest BCUT2D eigenvalue weighted by molar-refractivity contribution is 7.99. The van der Waals surface area contributed by atoms with Crippen molar-refractivity contribution in [3.05, 3.63) is 23.0 Å². The minimum Gasteiger partial charge on any atom is -0.479 e. The van der Waals surface area contributed by atoms with Crippen molar-refractivity contribution in [3.8, 4) is 0 Å². The summed E-state index contributed by atoms with van der Waals surface area (Å²) >= 11 is 1.58. The number of hydrogen-bond donors (Lipinski definition) is 2. The van der Waals surface area contributed by atoms with E-state index in [1.165, 1.54) is 19.3 Å². The molecule has 2 aliphatic rings. The second kappa shape index (κ2) is 6.82. The van der Waals surface area contributed by atoms with E-state index in [9.17, 15) is 14.7 Å². The lowest BCUT2D eigenvalue weighted by Crippen LogP contribution is -2.54. The topological polar surface area (TPSA) is 71.3 Å². The lowest BCUT2D eigenvalue weighted by molar-refractivity contribution is -0.143. The monoisotopic (exact) mass is 350 g/mol. The number of aromatic nitrogens is 1. The average Bonchev–Trinajstić information content (AvgIpc) is 3.14. The first-order chi connectivity index (χ1) is 11.4. The first-order valence-electron chi connectivity index (χ1n) is 8.77. The average molecular weight is 350 g/mol. The fraction of sp³-hybridized carbons (Fsp3) is 0.667. The molecule has 2 N–H and O–H groups in total. The molecule has 1 aliphatic heterocycles. The van der Waals surface area contributed by atoms with Crippen LogP contribution in [0.3, 0.4) is 0 Å². The molecule has 0 radical (unpaired) electrons. The summed E-state index contributed by atoms with van der Waals surface area (Å²) in [6.07, 6.45) is 6.58. The van der Waals surface area contributed by atoms with Gasteiger partial charge in [0.15, 0.2) is 0 Å². The van der Waals surface area contributed by atoms with Gasteiger partial charge in [-0.05, 0) is 44.9 Å². The number of aryl methyl sites for hydroxylation is 1. The van der Waals surface area contributed by atoms with Gasteiger partial charge in [0.1, 0.15) is 5.54 Å². The quantitative estimate of drug-likeness (QED) is 0.874. The van der Waals surface area contributed by atoms with Gasteiger partial charge in [-0.2, -0.15) is 11.8 Å². The molecule has 1 aromatic rings. The Labute approximate surface area is 147 Å². The largest absolute Gasteiger partial charge is 0.479 e. The number of carboxylic acids is 1. The molecule has 0 spiro atoms. The maximum absolute atomic E-state index is 12.8. The summed E-state index contributed by atoms with van der Waals surface area (Å²) in [6.45, 7) is 4.02. The van der Waals surface area contributed by atoms with Crippen LogP contribution in [-0.4, -0.2) is 38.6 Å². The molecule has 1 aromatic heterocycles. The van der Waals surface area contributed by atoms with Gasteiger partial charge in [-0.25, -0.2) is 4.79 Å². The smallest absolute Gasteiger partial charge is 0.330 e. The number of rotatable bonds is 4. The van der Waals surface area contributed by atoms with E-state index in [1.54, 1.807) is 11.8 Å². The second-order valence-electron chi connectivity index (χ2n) is 7.09. The van der Waals surface area contributed by atoms with Gasteiger partial charge in [0.2, 0.25) is 0 Å². The molecule has 1 atom stereocenters. The van der Waals surface area contributed by atoms with Gasteiger partial charge in [-0.15, -0.1) is 0 Å². The lowest BCUT2D eigenvalue weighted by atomic mass is 9.95. The Hall–Kier alpha value is -1.43. The number of hydrogen-bond acceptors (Lipinski definition) is 3. The maximum atomic E-state index is 12.8. The van der Waals surface area contributed by atoms with Crippen LogP contribution in [0.5, 0.6) is 0 Å². The summed E-state index contributed by atoms with van der Waals surface area (Å²) in [4.78, 5) is 24.4. The van der Waals surface area contributed by atoms with E-state index >= 15 is 0 Å². The van der Waals surface area contributed by atoms with Crippen LogP contribution in [0.2, 0.25) is 0 Å². The van der Waals surface area contributed by atoms with E-state index in [4.69, 9.17) is 0 Å². The number of thioether (sulfide) groups is 1. The minimum absolute atomic E-state index is 0.255. The van der Waals surface area contributed by atoms with Crippen molar-refractivity contribution >= 4 is 23.6 Å². The Morgan fingerprint density at radius 1 is 1.29 bits per heavy atom. The van der Waals surface area contributed by atoms with Gasteiger partial charge in [0.05, 0.1) is 5.56 Å². The summed E-state index contributed by atoms with van der Waals surface area (Å²) < 4.78 is 2.28. The highest BCUT2D eigenvalue weighted by atomic mass is 32.2. The fourth-order valence-electron chi connectivity index (χ4n) is 4.08. The molecule has 24 heavy (non-hydrogen) atoms. The second-order valence-corrected chi connectivity index (χ2v) is 8.20. The number of aliphatic carboxylic acids is 1.